The summed E-state index contributed by atoms with van der Waals surface area (Å²) in [4.78, 5) is 15.4. The van der Waals surface area contributed by atoms with Crippen LogP contribution in [0, 0.1) is 19.8 Å². The van der Waals surface area contributed by atoms with E-state index in [1.807, 2.05) is 0 Å². The first-order chi connectivity index (χ1) is 17.0. The van der Waals surface area contributed by atoms with Crippen LogP contribution in [-0.2, 0) is 14.8 Å². The van der Waals surface area contributed by atoms with Crippen molar-refractivity contribution in [2.75, 3.05) is 34.8 Å². The number of sulfonamides is 1. The van der Waals surface area contributed by atoms with E-state index < -0.39 is 10.0 Å². The van der Waals surface area contributed by atoms with Crippen molar-refractivity contribution in [1.29, 1.82) is 0 Å². The van der Waals surface area contributed by atoms with Crippen molar-refractivity contribution >= 4 is 15.8 Å². The number of benzene rings is 1. The molecule has 3 rings (SSSR count). The van der Waals surface area contributed by atoms with E-state index in [1.165, 1.54) is 30.0 Å². The van der Waals surface area contributed by atoms with E-state index in [-0.39, 0.29) is 18.7 Å². The van der Waals surface area contributed by atoms with Crippen LogP contribution >= 0.6 is 0 Å². The van der Waals surface area contributed by atoms with Gasteiger partial charge in [-0.25, -0.2) is 12.7 Å². The number of aryl methyl sites for hydroxylation is 2. The standard InChI is InChI=1S/C28H47N3O4S/c1-20-17-27(35-6)18-21(2)28(20)36(33,34)31(5)16-15-26(32)19-22-7-9-23(10-8-22)29-24-11-13-25(14-12-24)30(3)4/h17-18,22-25,29H,7-16,19H2,1-6H3. The van der Waals surface area contributed by atoms with E-state index >= 15 is 0 Å². The van der Waals surface area contributed by atoms with Gasteiger partial charge in [0.25, 0.3) is 0 Å². The molecule has 0 radical (unpaired) electrons. The van der Waals surface area contributed by atoms with Gasteiger partial charge in [-0.15, -0.1) is 0 Å². The average molecular weight is 522 g/mol. The summed E-state index contributed by atoms with van der Waals surface area (Å²) in [5.74, 6) is 1.23. The van der Waals surface area contributed by atoms with Crippen LogP contribution < -0.4 is 10.1 Å². The van der Waals surface area contributed by atoms with Crippen molar-refractivity contribution in [3.63, 3.8) is 0 Å². The zero-order valence-electron chi connectivity index (χ0n) is 23.2. The highest BCUT2D eigenvalue weighted by Crippen LogP contribution is 2.30. The van der Waals surface area contributed by atoms with E-state index in [2.05, 4.69) is 24.3 Å². The number of nitrogens with one attached hydrogen (secondary N) is 1. The molecule has 2 aliphatic carbocycles. The number of hydrogen-bond donors (Lipinski definition) is 1. The van der Waals surface area contributed by atoms with Crippen LogP contribution in [0.3, 0.4) is 0 Å². The average Bonchev–Trinajstić information content (AvgIpc) is 2.83. The molecule has 7 nitrogen and oxygen atoms in total. The van der Waals surface area contributed by atoms with E-state index in [9.17, 15) is 13.2 Å². The van der Waals surface area contributed by atoms with Gasteiger partial charge in [-0.1, -0.05) is 0 Å². The highest BCUT2D eigenvalue weighted by Gasteiger charge is 2.29. The quantitative estimate of drug-likeness (QED) is 0.468. The summed E-state index contributed by atoms with van der Waals surface area (Å²) in [6, 6.07) is 5.41. The minimum atomic E-state index is -3.67. The Labute approximate surface area is 219 Å². The molecule has 8 heteroatoms. The summed E-state index contributed by atoms with van der Waals surface area (Å²) in [7, 11) is 3.83. The number of ketones is 1. The monoisotopic (exact) mass is 521 g/mol. The number of Topliss-reactive ketones (excluding diaryl/α,β-unsaturated/α-hetero) is 1. The Morgan fingerprint density at radius 1 is 0.944 bits per heavy atom. The lowest BCUT2D eigenvalue weighted by molar-refractivity contribution is -0.120. The SMILES string of the molecule is COc1cc(C)c(S(=O)(=O)N(C)CCC(=O)CC2CCC(NC3CCC(N(C)C)CC3)CC2)c(C)c1. The first-order valence-electron chi connectivity index (χ1n) is 13.6. The molecule has 0 unspecified atom stereocenters. The van der Waals surface area contributed by atoms with E-state index in [0.717, 1.165) is 31.7 Å². The summed E-state index contributed by atoms with van der Waals surface area (Å²) >= 11 is 0. The van der Waals surface area contributed by atoms with Gasteiger partial charge in [0.05, 0.1) is 12.0 Å². The third kappa shape index (κ3) is 7.53. The first-order valence-corrected chi connectivity index (χ1v) is 15.0. The van der Waals surface area contributed by atoms with Crippen molar-refractivity contribution in [3.05, 3.63) is 23.3 Å². The molecule has 1 aromatic rings. The Morgan fingerprint density at radius 2 is 1.47 bits per heavy atom. The number of rotatable bonds is 11. The fourth-order valence-corrected chi connectivity index (χ4v) is 7.62. The van der Waals surface area contributed by atoms with Gasteiger partial charge in [0.2, 0.25) is 10.0 Å². The molecule has 0 heterocycles. The van der Waals surface area contributed by atoms with Crippen LogP contribution in [-0.4, -0.2) is 76.3 Å². The predicted octanol–water partition coefficient (Wildman–Crippen LogP) is 4.30. The van der Waals surface area contributed by atoms with Gasteiger partial charge < -0.3 is 15.0 Å². The van der Waals surface area contributed by atoms with Crippen molar-refractivity contribution in [2.24, 2.45) is 5.92 Å². The van der Waals surface area contributed by atoms with Gasteiger partial charge in [0.15, 0.2) is 0 Å². The van der Waals surface area contributed by atoms with Gasteiger partial charge in [0.1, 0.15) is 11.5 Å². The molecule has 2 aliphatic rings. The first kappa shape index (κ1) is 29.1. The van der Waals surface area contributed by atoms with Crippen LogP contribution in [0.2, 0.25) is 0 Å². The highest BCUT2D eigenvalue weighted by atomic mass is 32.2. The minimum Gasteiger partial charge on any atom is -0.497 e. The second kappa shape index (κ2) is 12.9. The molecule has 2 fully saturated rings. The second-order valence-corrected chi connectivity index (χ2v) is 13.2. The highest BCUT2D eigenvalue weighted by molar-refractivity contribution is 7.89. The Morgan fingerprint density at radius 3 is 1.97 bits per heavy atom. The number of ether oxygens (including phenoxy) is 1. The van der Waals surface area contributed by atoms with Gasteiger partial charge in [0, 0.05) is 44.6 Å². The lowest BCUT2D eigenvalue weighted by atomic mass is 9.81. The molecule has 2 saturated carbocycles. The van der Waals surface area contributed by atoms with Gasteiger partial charge in [-0.05, 0) is 108 Å². The fourth-order valence-electron chi connectivity index (χ4n) is 6.04. The van der Waals surface area contributed by atoms with E-state index in [1.54, 1.807) is 40.1 Å². The van der Waals surface area contributed by atoms with Crippen LogP contribution in [0.25, 0.3) is 0 Å². The third-order valence-corrected chi connectivity index (χ3v) is 10.5. The van der Waals surface area contributed by atoms with E-state index in [4.69, 9.17) is 4.74 Å². The van der Waals surface area contributed by atoms with Crippen LogP contribution in [0.4, 0.5) is 0 Å². The van der Waals surface area contributed by atoms with Crippen molar-refractivity contribution in [3.8, 4) is 5.75 Å². The molecule has 0 aliphatic heterocycles. The summed E-state index contributed by atoms with van der Waals surface area (Å²) in [6.45, 7) is 3.77. The molecule has 204 valence electrons. The number of methoxy groups -OCH3 is 1. The third-order valence-electron chi connectivity index (χ3n) is 8.30. The molecule has 0 amide bonds. The molecule has 0 spiro atoms. The van der Waals surface area contributed by atoms with Crippen molar-refractivity contribution in [1.82, 2.24) is 14.5 Å². The molecular weight excluding hydrogens is 474 g/mol. The second-order valence-electron chi connectivity index (χ2n) is 11.3. The molecule has 0 saturated heterocycles. The number of nitrogens with zero attached hydrogens (tertiary/aromatic N) is 2. The fraction of sp³-hybridized carbons (Fsp3) is 0.750. The van der Waals surface area contributed by atoms with Crippen LogP contribution in [0.1, 0.15) is 75.3 Å². The summed E-state index contributed by atoms with van der Waals surface area (Å²) < 4.78 is 33.0. The molecule has 36 heavy (non-hydrogen) atoms. The van der Waals surface area contributed by atoms with E-state index in [0.29, 0.717) is 46.2 Å². The number of carbonyl (C=O) groups is 1. The lowest BCUT2D eigenvalue weighted by Gasteiger charge is -2.37. The van der Waals surface area contributed by atoms with Crippen LogP contribution in [0.15, 0.2) is 17.0 Å². The normalized spacial score (nSPS) is 25.3. The number of carbonyl (C=O) groups excluding carboxylic acids is 1. The number of hydrogen-bond acceptors (Lipinski definition) is 6. The largest absolute Gasteiger partial charge is 0.497 e. The molecule has 1 N–H and O–H groups in total. The minimum absolute atomic E-state index is 0.165. The maximum atomic E-state index is 13.2. The zero-order valence-corrected chi connectivity index (χ0v) is 24.0. The Hall–Kier alpha value is -1.48. The smallest absolute Gasteiger partial charge is 0.243 e. The summed E-state index contributed by atoms with van der Waals surface area (Å²) in [6.07, 6.45) is 10.3. The molecule has 0 aromatic heterocycles. The van der Waals surface area contributed by atoms with Crippen molar-refractivity contribution < 1.29 is 17.9 Å². The molecular formula is C28H47N3O4S. The summed E-state index contributed by atoms with van der Waals surface area (Å²) in [5.41, 5.74) is 1.31. The zero-order chi connectivity index (χ0) is 26.5. The maximum absolute atomic E-state index is 13.2. The molecule has 1 aromatic carbocycles. The lowest BCUT2D eigenvalue weighted by Crippen LogP contribution is -2.44. The molecule has 0 atom stereocenters. The summed E-state index contributed by atoms with van der Waals surface area (Å²) in [5, 5.41) is 3.89. The Bertz CT molecular complexity index is 956. The van der Waals surface area contributed by atoms with Gasteiger partial charge in [-0.2, -0.15) is 0 Å². The van der Waals surface area contributed by atoms with Gasteiger partial charge in [-0.3, -0.25) is 4.79 Å². The Balaban J connectivity index is 1.41. The van der Waals surface area contributed by atoms with Crippen molar-refractivity contribution in [2.45, 2.75) is 101 Å². The predicted molar refractivity (Wildman–Crippen MR) is 145 cm³/mol. The van der Waals surface area contributed by atoms with Crippen LogP contribution in [0.5, 0.6) is 5.75 Å². The Kier molecular flexibility index (Phi) is 10.4. The maximum Gasteiger partial charge on any atom is 0.243 e. The van der Waals surface area contributed by atoms with Gasteiger partial charge >= 0.3 is 0 Å². The topological polar surface area (TPSA) is 79.0 Å². The molecule has 0 bridgehead atoms.